The number of aromatic nitrogens is 2. The summed E-state index contributed by atoms with van der Waals surface area (Å²) in [7, 11) is 0. The fraction of sp³-hybridized carbons (Fsp3) is 0.375. The summed E-state index contributed by atoms with van der Waals surface area (Å²) in [5.74, 6) is 0.636. The molecule has 3 rings (SSSR count). The molecule has 0 fully saturated rings. The first-order valence-electron chi connectivity index (χ1n) is 6.87. The molecule has 3 heteroatoms. The first-order chi connectivity index (χ1) is 9.28. The Labute approximate surface area is 113 Å². The molecule has 0 saturated heterocycles. The highest BCUT2D eigenvalue weighted by Gasteiger charge is 2.17. The van der Waals surface area contributed by atoms with Crippen molar-refractivity contribution < 1.29 is 4.74 Å². The molecule has 2 aromatic rings. The maximum absolute atomic E-state index is 5.45. The lowest BCUT2D eigenvalue weighted by Gasteiger charge is -2.10. The van der Waals surface area contributed by atoms with Crippen LogP contribution in [0.25, 0.3) is 11.3 Å². The second kappa shape index (κ2) is 5.00. The van der Waals surface area contributed by atoms with Crippen molar-refractivity contribution in [1.29, 1.82) is 0 Å². The standard InChI is InChI=1S/C16H18N2O/c1-3-19-15-10-13-6-4-5-12-8-7-11(2)9-14(12)16(13)18-17-15/h7-10H,3-6H2,1-2H3. The Morgan fingerprint density at radius 1 is 1.11 bits per heavy atom. The Morgan fingerprint density at radius 2 is 1.95 bits per heavy atom. The lowest BCUT2D eigenvalue weighted by Crippen LogP contribution is -2.00. The van der Waals surface area contributed by atoms with E-state index >= 15 is 0 Å². The van der Waals surface area contributed by atoms with Crippen LogP contribution in [0.2, 0.25) is 0 Å². The third-order valence-electron chi connectivity index (χ3n) is 3.56. The predicted molar refractivity (Wildman–Crippen MR) is 75.4 cm³/mol. The number of benzene rings is 1. The van der Waals surface area contributed by atoms with Crippen molar-refractivity contribution in [2.24, 2.45) is 0 Å². The van der Waals surface area contributed by atoms with E-state index in [4.69, 9.17) is 4.74 Å². The van der Waals surface area contributed by atoms with Crippen LogP contribution in [0.1, 0.15) is 30.0 Å². The average molecular weight is 254 g/mol. The van der Waals surface area contributed by atoms with Gasteiger partial charge in [0, 0.05) is 11.6 Å². The molecule has 1 aromatic heterocycles. The molecule has 1 aromatic carbocycles. The van der Waals surface area contributed by atoms with E-state index in [9.17, 15) is 0 Å². The SMILES string of the molecule is CCOc1cc2c(nn1)-c1cc(C)ccc1CCC2. The zero-order chi connectivity index (χ0) is 13.2. The second-order valence-corrected chi connectivity index (χ2v) is 5.00. The van der Waals surface area contributed by atoms with Crippen LogP contribution in [0.3, 0.4) is 0 Å². The molecule has 0 atom stereocenters. The summed E-state index contributed by atoms with van der Waals surface area (Å²) in [5, 5.41) is 8.59. The predicted octanol–water partition coefficient (Wildman–Crippen LogP) is 3.34. The van der Waals surface area contributed by atoms with Gasteiger partial charge in [-0.2, -0.15) is 0 Å². The van der Waals surface area contributed by atoms with Crippen molar-refractivity contribution in [1.82, 2.24) is 10.2 Å². The lowest BCUT2D eigenvalue weighted by atomic mass is 10.00. The minimum atomic E-state index is 0.628. The van der Waals surface area contributed by atoms with Gasteiger partial charge in [-0.05, 0) is 50.3 Å². The minimum absolute atomic E-state index is 0.628. The van der Waals surface area contributed by atoms with Gasteiger partial charge < -0.3 is 4.74 Å². The maximum Gasteiger partial charge on any atom is 0.233 e. The van der Waals surface area contributed by atoms with Crippen molar-refractivity contribution in [2.45, 2.75) is 33.1 Å². The second-order valence-electron chi connectivity index (χ2n) is 5.00. The first-order valence-corrected chi connectivity index (χ1v) is 6.87. The Hall–Kier alpha value is -1.90. The number of hydrogen-bond acceptors (Lipinski definition) is 3. The van der Waals surface area contributed by atoms with E-state index in [2.05, 4.69) is 35.3 Å². The van der Waals surface area contributed by atoms with Gasteiger partial charge in [0.15, 0.2) is 0 Å². The third-order valence-corrected chi connectivity index (χ3v) is 3.56. The van der Waals surface area contributed by atoms with Gasteiger partial charge in [-0.3, -0.25) is 0 Å². The molecule has 98 valence electrons. The van der Waals surface area contributed by atoms with Crippen molar-refractivity contribution in [3.63, 3.8) is 0 Å². The number of rotatable bonds is 2. The quantitative estimate of drug-likeness (QED) is 0.824. The van der Waals surface area contributed by atoms with Crippen molar-refractivity contribution >= 4 is 0 Å². The van der Waals surface area contributed by atoms with Crippen LogP contribution in [0.15, 0.2) is 24.3 Å². The van der Waals surface area contributed by atoms with Gasteiger partial charge in [-0.25, -0.2) is 0 Å². The third kappa shape index (κ3) is 2.33. The average Bonchev–Trinajstić information content (AvgIpc) is 2.58. The van der Waals surface area contributed by atoms with E-state index in [-0.39, 0.29) is 0 Å². The van der Waals surface area contributed by atoms with E-state index in [0.717, 1.165) is 25.0 Å². The van der Waals surface area contributed by atoms with E-state index in [1.54, 1.807) is 0 Å². The highest BCUT2D eigenvalue weighted by Crippen LogP contribution is 2.32. The Balaban J connectivity index is 2.12. The molecular formula is C16H18N2O. The highest BCUT2D eigenvalue weighted by atomic mass is 16.5. The van der Waals surface area contributed by atoms with Crippen molar-refractivity contribution in [3.05, 3.63) is 41.0 Å². The zero-order valence-electron chi connectivity index (χ0n) is 11.4. The molecule has 3 nitrogen and oxygen atoms in total. The monoisotopic (exact) mass is 254 g/mol. The first kappa shape index (κ1) is 12.2. The molecule has 0 radical (unpaired) electrons. The van der Waals surface area contributed by atoms with Gasteiger partial charge in [-0.1, -0.05) is 17.7 Å². The minimum Gasteiger partial charge on any atom is -0.477 e. The molecule has 0 unspecified atom stereocenters. The van der Waals surface area contributed by atoms with Crippen LogP contribution in [0.4, 0.5) is 0 Å². The molecule has 0 saturated carbocycles. The number of fused-ring (bicyclic) bond motifs is 3. The number of nitrogens with zero attached hydrogens (tertiary/aromatic N) is 2. The van der Waals surface area contributed by atoms with Gasteiger partial charge in [-0.15, -0.1) is 10.2 Å². The fourth-order valence-corrected chi connectivity index (χ4v) is 2.64. The molecule has 1 aliphatic rings. The summed E-state index contributed by atoms with van der Waals surface area (Å²) in [5.41, 5.74) is 6.16. The Kier molecular flexibility index (Phi) is 3.20. The molecule has 0 N–H and O–H groups in total. The van der Waals surface area contributed by atoms with Crippen molar-refractivity contribution in [2.75, 3.05) is 6.61 Å². The number of hydrogen-bond donors (Lipinski definition) is 0. The molecule has 0 bridgehead atoms. The summed E-state index contributed by atoms with van der Waals surface area (Å²) < 4.78 is 5.45. The van der Waals surface area contributed by atoms with E-state index in [0.29, 0.717) is 12.5 Å². The highest BCUT2D eigenvalue weighted by molar-refractivity contribution is 5.68. The zero-order valence-corrected chi connectivity index (χ0v) is 11.4. The van der Waals surface area contributed by atoms with Crippen molar-refractivity contribution in [3.8, 4) is 17.1 Å². The molecular weight excluding hydrogens is 236 g/mol. The summed E-state index contributed by atoms with van der Waals surface area (Å²) >= 11 is 0. The molecule has 0 aliphatic heterocycles. The van der Waals surface area contributed by atoms with Gasteiger partial charge in [0.05, 0.1) is 12.3 Å². The molecule has 0 amide bonds. The molecule has 0 spiro atoms. The van der Waals surface area contributed by atoms with E-state index in [1.165, 1.54) is 22.3 Å². The van der Waals surface area contributed by atoms with Crippen LogP contribution < -0.4 is 4.74 Å². The maximum atomic E-state index is 5.45. The summed E-state index contributed by atoms with van der Waals surface area (Å²) in [6, 6.07) is 8.65. The van der Waals surface area contributed by atoms with Gasteiger partial charge in [0.1, 0.15) is 0 Å². The van der Waals surface area contributed by atoms with Crippen LogP contribution in [0, 0.1) is 6.92 Å². The van der Waals surface area contributed by atoms with Gasteiger partial charge >= 0.3 is 0 Å². The smallest absolute Gasteiger partial charge is 0.233 e. The Bertz CT molecular complexity index is 608. The van der Waals surface area contributed by atoms with Crippen LogP contribution in [-0.4, -0.2) is 16.8 Å². The van der Waals surface area contributed by atoms with Gasteiger partial charge in [0.25, 0.3) is 0 Å². The largest absolute Gasteiger partial charge is 0.477 e. The summed E-state index contributed by atoms with van der Waals surface area (Å²) in [4.78, 5) is 0. The summed E-state index contributed by atoms with van der Waals surface area (Å²) in [6.07, 6.45) is 3.30. The van der Waals surface area contributed by atoms with Crippen LogP contribution in [-0.2, 0) is 12.8 Å². The topological polar surface area (TPSA) is 35.0 Å². The van der Waals surface area contributed by atoms with E-state index in [1.807, 2.05) is 13.0 Å². The van der Waals surface area contributed by atoms with Gasteiger partial charge in [0.2, 0.25) is 5.88 Å². The Morgan fingerprint density at radius 3 is 2.79 bits per heavy atom. The molecule has 19 heavy (non-hydrogen) atoms. The number of aryl methyl sites for hydroxylation is 3. The molecule has 1 heterocycles. The normalized spacial score (nSPS) is 13.4. The summed E-state index contributed by atoms with van der Waals surface area (Å²) in [6.45, 7) is 4.71. The molecule has 1 aliphatic carbocycles. The van der Waals surface area contributed by atoms with Crippen LogP contribution in [0.5, 0.6) is 5.88 Å². The lowest BCUT2D eigenvalue weighted by molar-refractivity contribution is 0.322. The number of ether oxygens (including phenoxy) is 1. The van der Waals surface area contributed by atoms with Crippen LogP contribution >= 0.6 is 0 Å². The van der Waals surface area contributed by atoms with E-state index < -0.39 is 0 Å². The fourth-order valence-electron chi connectivity index (χ4n) is 2.64.